The van der Waals surface area contributed by atoms with Gasteiger partial charge in [0.2, 0.25) is 0 Å². The van der Waals surface area contributed by atoms with Crippen molar-refractivity contribution in [3.8, 4) is 11.5 Å². The molecule has 0 fully saturated rings. The van der Waals surface area contributed by atoms with Gasteiger partial charge in [-0.15, -0.1) is 0 Å². The molecule has 6 nitrogen and oxygen atoms in total. The lowest BCUT2D eigenvalue weighted by molar-refractivity contribution is -0.122. The van der Waals surface area contributed by atoms with Crippen LogP contribution >= 0.6 is 0 Å². The van der Waals surface area contributed by atoms with Crippen LogP contribution < -0.4 is 14.4 Å². The Morgan fingerprint density at radius 2 is 1.85 bits per heavy atom. The maximum absolute atomic E-state index is 12.6. The lowest BCUT2D eigenvalue weighted by atomic mass is 10.1. The van der Waals surface area contributed by atoms with Crippen LogP contribution in [0.15, 0.2) is 42.5 Å². The van der Waals surface area contributed by atoms with E-state index in [0.29, 0.717) is 5.75 Å². The molecule has 0 saturated heterocycles. The van der Waals surface area contributed by atoms with Gasteiger partial charge in [0.15, 0.2) is 18.1 Å². The Morgan fingerprint density at radius 3 is 2.58 bits per heavy atom. The number of methoxy groups -OCH3 is 2. The van der Waals surface area contributed by atoms with E-state index in [4.69, 9.17) is 14.2 Å². The molecule has 2 aromatic rings. The van der Waals surface area contributed by atoms with Crippen molar-refractivity contribution in [3.05, 3.63) is 53.6 Å². The minimum atomic E-state index is -0.630. The molecule has 3 rings (SSSR count). The Labute approximate surface area is 152 Å². The van der Waals surface area contributed by atoms with E-state index in [0.717, 1.165) is 17.7 Å². The lowest BCUT2D eigenvalue weighted by Gasteiger charge is -2.22. The van der Waals surface area contributed by atoms with Crippen molar-refractivity contribution in [1.82, 2.24) is 0 Å². The molecule has 2 aromatic carbocycles. The van der Waals surface area contributed by atoms with Gasteiger partial charge in [-0.05, 0) is 37.1 Å². The summed E-state index contributed by atoms with van der Waals surface area (Å²) in [7, 11) is 2.94. The number of amides is 1. The van der Waals surface area contributed by atoms with E-state index in [9.17, 15) is 9.59 Å². The molecular weight excluding hydrogens is 334 g/mol. The molecule has 0 spiro atoms. The molecule has 0 aromatic heterocycles. The second-order valence-electron chi connectivity index (χ2n) is 6.06. The minimum Gasteiger partial charge on any atom is -0.493 e. The number of esters is 1. The highest BCUT2D eigenvalue weighted by Gasteiger charge is 2.31. The van der Waals surface area contributed by atoms with Crippen molar-refractivity contribution in [2.75, 3.05) is 25.7 Å². The second-order valence-corrected chi connectivity index (χ2v) is 6.06. The molecule has 0 radical (unpaired) electrons. The summed E-state index contributed by atoms with van der Waals surface area (Å²) in [4.78, 5) is 26.7. The van der Waals surface area contributed by atoms with E-state index in [1.54, 1.807) is 23.1 Å². The first-order valence-electron chi connectivity index (χ1n) is 8.35. The highest BCUT2D eigenvalue weighted by molar-refractivity contribution is 6.00. The van der Waals surface area contributed by atoms with Crippen LogP contribution in [0.2, 0.25) is 0 Å². The zero-order valence-electron chi connectivity index (χ0n) is 15.0. The predicted octanol–water partition coefficient (Wildman–Crippen LogP) is 2.84. The molecule has 0 N–H and O–H groups in total. The van der Waals surface area contributed by atoms with Crippen molar-refractivity contribution in [1.29, 1.82) is 0 Å². The first kappa shape index (κ1) is 17.8. The first-order valence-corrected chi connectivity index (χ1v) is 8.35. The van der Waals surface area contributed by atoms with Crippen molar-refractivity contribution in [3.63, 3.8) is 0 Å². The monoisotopic (exact) mass is 355 g/mol. The predicted molar refractivity (Wildman–Crippen MR) is 96.9 cm³/mol. The SMILES string of the molecule is COc1cccc(C(=O)OCC(=O)N2c3ccccc3C[C@@H]2C)c1OC. The minimum absolute atomic E-state index is 0.0324. The molecule has 0 bridgehead atoms. The maximum Gasteiger partial charge on any atom is 0.342 e. The molecule has 1 aliphatic rings. The molecule has 1 atom stereocenters. The third kappa shape index (κ3) is 3.22. The van der Waals surface area contributed by atoms with Gasteiger partial charge >= 0.3 is 5.97 Å². The third-order valence-corrected chi connectivity index (χ3v) is 4.43. The molecule has 26 heavy (non-hydrogen) atoms. The number of carbonyl (C=O) groups excluding carboxylic acids is 2. The molecule has 0 saturated carbocycles. The number of nitrogens with zero attached hydrogens (tertiary/aromatic N) is 1. The summed E-state index contributed by atoms with van der Waals surface area (Å²) >= 11 is 0. The lowest BCUT2D eigenvalue weighted by Crippen LogP contribution is -2.38. The Balaban J connectivity index is 1.72. The Morgan fingerprint density at radius 1 is 1.08 bits per heavy atom. The van der Waals surface area contributed by atoms with E-state index in [-0.39, 0.29) is 29.9 Å². The smallest absolute Gasteiger partial charge is 0.342 e. The number of para-hydroxylation sites is 2. The largest absolute Gasteiger partial charge is 0.493 e. The topological polar surface area (TPSA) is 65.1 Å². The zero-order valence-corrected chi connectivity index (χ0v) is 15.0. The van der Waals surface area contributed by atoms with E-state index in [1.165, 1.54) is 14.2 Å². The normalized spacial score (nSPS) is 15.3. The number of fused-ring (bicyclic) bond motifs is 1. The Hall–Kier alpha value is -3.02. The number of hydrogen-bond donors (Lipinski definition) is 0. The van der Waals surface area contributed by atoms with E-state index in [2.05, 4.69) is 0 Å². The van der Waals surface area contributed by atoms with Gasteiger partial charge in [-0.3, -0.25) is 4.79 Å². The fourth-order valence-corrected chi connectivity index (χ4v) is 3.27. The average molecular weight is 355 g/mol. The average Bonchev–Trinajstić information content (AvgIpc) is 3.00. The van der Waals surface area contributed by atoms with Gasteiger partial charge in [-0.2, -0.15) is 0 Å². The highest BCUT2D eigenvalue weighted by atomic mass is 16.5. The maximum atomic E-state index is 12.6. The van der Waals surface area contributed by atoms with Gasteiger partial charge in [0.1, 0.15) is 5.56 Å². The molecule has 136 valence electrons. The third-order valence-electron chi connectivity index (χ3n) is 4.43. The van der Waals surface area contributed by atoms with Gasteiger partial charge < -0.3 is 19.1 Å². The van der Waals surface area contributed by atoms with E-state index >= 15 is 0 Å². The molecule has 1 heterocycles. The summed E-state index contributed by atoms with van der Waals surface area (Å²) in [5.74, 6) is -0.172. The molecule has 1 aliphatic heterocycles. The zero-order chi connectivity index (χ0) is 18.7. The quantitative estimate of drug-likeness (QED) is 0.772. The molecular formula is C20H21NO5. The fourth-order valence-electron chi connectivity index (χ4n) is 3.27. The van der Waals surface area contributed by atoms with Gasteiger partial charge in [0.25, 0.3) is 5.91 Å². The van der Waals surface area contributed by atoms with Crippen LogP contribution in [0.1, 0.15) is 22.8 Å². The van der Waals surface area contributed by atoms with Crippen molar-refractivity contribution >= 4 is 17.6 Å². The number of anilines is 1. The van der Waals surface area contributed by atoms with Crippen LogP contribution in [0.5, 0.6) is 11.5 Å². The Kier molecular flexibility index (Phi) is 5.11. The van der Waals surface area contributed by atoms with Crippen LogP contribution in [-0.4, -0.2) is 38.7 Å². The highest BCUT2D eigenvalue weighted by Crippen LogP contribution is 2.33. The van der Waals surface area contributed by atoms with Crippen LogP contribution in [-0.2, 0) is 16.0 Å². The van der Waals surface area contributed by atoms with Crippen LogP contribution in [0.3, 0.4) is 0 Å². The van der Waals surface area contributed by atoms with E-state index in [1.807, 2.05) is 31.2 Å². The number of benzene rings is 2. The number of rotatable bonds is 5. The van der Waals surface area contributed by atoms with Crippen LogP contribution in [0, 0.1) is 0 Å². The summed E-state index contributed by atoms with van der Waals surface area (Å²) in [5.41, 5.74) is 2.21. The summed E-state index contributed by atoms with van der Waals surface area (Å²) < 4.78 is 15.7. The summed E-state index contributed by atoms with van der Waals surface area (Å²) in [6, 6.07) is 12.7. The molecule has 0 unspecified atom stereocenters. The molecule has 6 heteroatoms. The van der Waals surface area contributed by atoms with Gasteiger partial charge in [-0.1, -0.05) is 24.3 Å². The van der Waals surface area contributed by atoms with Gasteiger partial charge in [0.05, 0.1) is 14.2 Å². The van der Waals surface area contributed by atoms with Gasteiger partial charge in [0, 0.05) is 11.7 Å². The van der Waals surface area contributed by atoms with Crippen molar-refractivity contribution in [2.45, 2.75) is 19.4 Å². The van der Waals surface area contributed by atoms with Crippen molar-refractivity contribution < 1.29 is 23.8 Å². The number of ether oxygens (including phenoxy) is 3. The summed E-state index contributed by atoms with van der Waals surface area (Å²) in [6.45, 7) is 1.64. The second kappa shape index (κ2) is 7.47. The molecule has 1 amide bonds. The van der Waals surface area contributed by atoms with Crippen LogP contribution in [0.4, 0.5) is 5.69 Å². The standard InChI is InChI=1S/C20H21NO5/c1-13-11-14-7-4-5-9-16(14)21(13)18(22)12-26-20(23)15-8-6-10-17(24-2)19(15)25-3/h4-10,13H,11-12H2,1-3H3/t13-/m0/s1. The Bertz CT molecular complexity index is 833. The van der Waals surface area contributed by atoms with Crippen molar-refractivity contribution in [2.24, 2.45) is 0 Å². The van der Waals surface area contributed by atoms with E-state index < -0.39 is 5.97 Å². The van der Waals surface area contributed by atoms with Crippen LogP contribution in [0.25, 0.3) is 0 Å². The summed E-state index contributed by atoms with van der Waals surface area (Å²) in [5, 5.41) is 0. The van der Waals surface area contributed by atoms with Gasteiger partial charge in [-0.25, -0.2) is 4.79 Å². The number of hydrogen-bond acceptors (Lipinski definition) is 5. The molecule has 0 aliphatic carbocycles. The first-order chi connectivity index (χ1) is 12.6. The fraction of sp³-hybridized carbons (Fsp3) is 0.300. The summed E-state index contributed by atoms with van der Waals surface area (Å²) in [6.07, 6.45) is 0.791. The number of carbonyl (C=O) groups is 2.